The van der Waals surface area contributed by atoms with Crippen LogP contribution >= 0.6 is 11.6 Å². The molecule has 0 saturated heterocycles. The highest BCUT2D eigenvalue weighted by molar-refractivity contribution is 6.38. The van der Waals surface area contributed by atoms with Gasteiger partial charge in [-0.1, -0.05) is 41.9 Å². The van der Waals surface area contributed by atoms with Gasteiger partial charge in [-0.2, -0.15) is 0 Å². The Morgan fingerprint density at radius 2 is 1.91 bits per heavy atom. The van der Waals surface area contributed by atoms with E-state index in [1.165, 1.54) is 13.2 Å². The minimum absolute atomic E-state index is 0.164. The molecule has 5 aromatic rings. The van der Waals surface area contributed by atoms with Gasteiger partial charge >= 0.3 is 5.97 Å². The lowest BCUT2D eigenvalue weighted by atomic mass is 10.2. The molecule has 34 heavy (non-hydrogen) atoms. The molecule has 0 amide bonds. The van der Waals surface area contributed by atoms with E-state index in [0.717, 1.165) is 22.2 Å². The van der Waals surface area contributed by atoms with Crippen molar-refractivity contribution < 1.29 is 23.6 Å². The van der Waals surface area contributed by atoms with Crippen molar-refractivity contribution >= 4 is 28.5 Å². The Balaban J connectivity index is 0.000000231. The number of aromatic carboxylic acids is 1. The van der Waals surface area contributed by atoms with Crippen LogP contribution in [-0.4, -0.2) is 38.1 Å². The Morgan fingerprint density at radius 3 is 2.47 bits per heavy atom. The summed E-state index contributed by atoms with van der Waals surface area (Å²) in [6.45, 7) is 2.26. The maximum Gasteiger partial charge on any atom is 0.374 e. The van der Waals surface area contributed by atoms with E-state index in [0.29, 0.717) is 29.0 Å². The van der Waals surface area contributed by atoms with E-state index in [1.54, 1.807) is 6.92 Å². The lowest BCUT2D eigenvalue weighted by molar-refractivity contribution is 0.0651. The van der Waals surface area contributed by atoms with Gasteiger partial charge in [0.05, 0.1) is 23.7 Å². The molecule has 0 aliphatic heterocycles. The van der Waals surface area contributed by atoms with E-state index >= 15 is 0 Å². The highest BCUT2D eigenvalue weighted by Crippen LogP contribution is 2.39. The van der Waals surface area contributed by atoms with Gasteiger partial charge in [0.1, 0.15) is 5.69 Å². The van der Waals surface area contributed by atoms with E-state index in [4.69, 9.17) is 26.9 Å². The van der Waals surface area contributed by atoms with Gasteiger partial charge in [0, 0.05) is 24.5 Å². The first-order valence-corrected chi connectivity index (χ1v) is 10.4. The summed E-state index contributed by atoms with van der Waals surface area (Å²) in [6, 6.07) is 17.2. The van der Waals surface area contributed by atoms with Crippen molar-refractivity contribution in [3.63, 3.8) is 0 Å². The number of para-hydroxylation sites is 1. The predicted octanol–water partition coefficient (Wildman–Crippen LogP) is 4.48. The maximum atomic E-state index is 10.1. The molecular formula is C23H20ClN5O5. The number of hydrogen-bond acceptors (Lipinski definition) is 8. The lowest BCUT2D eigenvalue weighted by Crippen LogP contribution is -2.00. The quantitative estimate of drug-likeness (QED) is 0.371. The van der Waals surface area contributed by atoms with Gasteiger partial charge in [-0.3, -0.25) is 0 Å². The average molecular weight is 482 g/mol. The van der Waals surface area contributed by atoms with E-state index in [1.807, 2.05) is 53.1 Å². The minimum Gasteiger partial charge on any atom is -0.479 e. The maximum absolute atomic E-state index is 10.1. The Hall–Kier alpha value is -4.15. The number of halogens is 1. The molecule has 5 rings (SSSR count). The fourth-order valence-corrected chi connectivity index (χ4v) is 3.61. The van der Waals surface area contributed by atoms with Crippen molar-refractivity contribution in [1.29, 1.82) is 0 Å². The molecule has 3 heterocycles. The number of carbonyl (C=O) groups is 1. The molecule has 0 radical (unpaired) electrons. The molecule has 11 heteroatoms. The fraction of sp³-hybridized carbons (Fsp3) is 0.130. The molecule has 3 N–H and O–H groups in total. The van der Waals surface area contributed by atoms with Crippen LogP contribution in [-0.2, 0) is 6.54 Å². The Kier molecular flexibility index (Phi) is 6.62. The lowest BCUT2D eigenvalue weighted by Gasteiger charge is -2.09. The third kappa shape index (κ3) is 4.49. The molecule has 0 spiro atoms. The van der Waals surface area contributed by atoms with Gasteiger partial charge < -0.3 is 29.1 Å². The number of hydrogen-bond donors (Lipinski definition) is 2. The molecule has 3 aromatic heterocycles. The number of aryl methyl sites for hydroxylation is 1. The number of carboxylic acid groups (broad SMARTS) is 1. The number of nitrogens with zero attached hydrogens (tertiary/aromatic N) is 4. The average Bonchev–Trinajstić information content (AvgIpc) is 3.57. The standard InChI is InChI=1S/C18H15ClN4O.C5H5NO4/c1-11-21-22-18(24-11)17-16(19)14-4-2-3-5-15(14)23(17)13-8-6-12(10-20)7-9-13;1-9-4-2-3(5(7)8)10-6-4/h2-9H,10,20H2,1H3;2H,1H3,(H,7,8). The molecule has 0 unspecified atom stereocenters. The summed E-state index contributed by atoms with van der Waals surface area (Å²) in [7, 11) is 1.38. The number of rotatable bonds is 5. The van der Waals surface area contributed by atoms with Gasteiger partial charge in [-0.05, 0) is 28.9 Å². The first-order chi connectivity index (χ1) is 16.4. The van der Waals surface area contributed by atoms with E-state index < -0.39 is 5.97 Å². The molecule has 10 nitrogen and oxygen atoms in total. The number of ether oxygens (including phenoxy) is 1. The van der Waals surface area contributed by atoms with Crippen molar-refractivity contribution in [3.8, 4) is 23.2 Å². The zero-order valence-corrected chi connectivity index (χ0v) is 19.0. The van der Waals surface area contributed by atoms with Crippen molar-refractivity contribution in [2.24, 2.45) is 5.73 Å². The smallest absolute Gasteiger partial charge is 0.374 e. The third-order valence-electron chi connectivity index (χ3n) is 4.88. The molecule has 0 atom stereocenters. The zero-order valence-electron chi connectivity index (χ0n) is 18.2. The number of fused-ring (bicyclic) bond motifs is 1. The monoisotopic (exact) mass is 481 g/mol. The second kappa shape index (κ2) is 9.77. The second-order valence-corrected chi connectivity index (χ2v) is 7.43. The minimum atomic E-state index is -1.16. The van der Waals surface area contributed by atoms with Crippen LogP contribution in [0.15, 0.2) is 63.5 Å². The van der Waals surface area contributed by atoms with Crippen LogP contribution in [0.2, 0.25) is 5.02 Å². The second-order valence-electron chi connectivity index (χ2n) is 7.05. The van der Waals surface area contributed by atoms with Crippen LogP contribution in [0.3, 0.4) is 0 Å². The number of carboxylic acids is 1. The summed E-state index contributed by atoms with van der Waals surface area (Å²) in [5.41, 5.74) is 9.40. The molecule has 0 saturated carbocycles. The van der Waals surface area contributed by atoms with Crippen LogP contribution in [0.5, 0.6) is 5.88 Å². The Bertz CT molecular complexity index is 1440. The molecule has 174 valence electrons. The van der Waals surface area contributed by atoms with Crippen LogP contribution < -0.4 is 10.5 Å². The van der Waals surface area contributed by atoms with E-state index in [2.05, 4.69) is 24.6 Å². The Morgan fingerprint density at radius 1 is 1.18 bits per heavy atom. The molecule has 0 fully saturated rings. The summed E-state index contributed by atoms with van der Waals surface area (Å²) < 4.78 is 16.6. The van der Waals surface area contributed by atoms with Crippen LogP contribution in [0.25, 0.3) is 28.2 Å². The number of aromatic nitrogens is 4. The normalized spacial score (nSPS) is 10.7. The summed E-state index contributed by atoms with van der Waals surface area (Å²) in [4.78, 5) is 10.1. The molecule has 0 bridgehead atoms. The molecular weight excluding hydrogens is 462 g/mol. The predicted molar refractivity (Wildman–Crippen MR) is 124 cm³/mol. The Labute approximate surface area is 198 Å². The number of methoxy groups -OCH3 is 1. The SMILES string of the molecule is COc1cc(C(=O)O)on1.Cc1nnc(-c2c(Cl)c3ccccc3n2-c2ccc(CN)cc2)o1. The highest BCUT2D eigenvalue weighted by atomic mass is 35.5. The van der Waals surface area contributed by atoms with Crippen molar-refractivity contribution in [1.82, 2.24) is 19.9 Å². The summed E-state index contributed by atoms with van der Waals surface area (Å²) in [6.07, 6.45) is 0. The van der Waals surface area contributed by atoms with Crippen LogP contribution in [0.4, 0.5) is 0 Å². The third-order valence-corrected chi connectivity index (χ3v) is 5.26. The molecule has 2 aromatic carbocycles. The summed E-state index contributed by atoms with van der Waals surface area (Å²) in [5, 5.41) is 21.2. The first kappa shape index (κ1) is 23.0. The van der Waals surface area contributed by atoms with Crippen molar-refractivity contribution in [2.75, 3.05) is 7.11 Å². The number of benzene rings is 2. The van der Waals surface area contributed by atoms with Crippen molar-refractivity contribution in [3.05, 3.63) is 76.8 Å². The fourth-order valence-electron chi connectivity index (χ4n) is 3.29. The zero-order chi connectivity index (χ0) is 24.2. The van der Waals surface area contributed by atoms with E-state index in [-0.39, 0.29) is 11.6 Å². The van der Waals surface area contributed by atoms with Gasteiger partial charge in [0.15, 0.2) is 0 Å². The highest BCUT2D eigenvalue weighted by Gasteiger charge is 2.22. The van der Waals surface area contributed by atoms with Crippen molar-refractivity contribution in [2.45, 2.75) is 13.5 Å². The van der Waals surface area contributed by atoms with E-state index in [9.17, 15) is 4.79 Å². The van der Waals surface area contributed by atoms with Gasteiger partial charge in [-0.25, -0.2) is 4.79 Å². The summed E-state index contributed by atoms with van der Waals surface area (Å²) >= 11 is 6.65. The molecule has 0 aliphatic carbocycles. The van der Waals surface area contributed by atoms with Gasteiger partial charge in [0.25, 0.3) is 11.8 Å². The first-order valence-electron chi connectivity index (χ1n) is 10.1. The van der Waals surface area contributed by atoms with Crippen LogP contribution in [0.1, 0.15) is 22.0 Å². The van der Waals surface area contributed by atoms with Gasteiger partial charge in [0.2, 0.25) is 11.7 Å². The number of nitrogens with two attached hydrogens (primary N) is 1. The topological polar surface area (TPSA) is 142 Å². The van der Waals surface area contributed by atoms with Crippen LogP contribution in [0, 0.1) is 6.92 Å². The summed E-state index contributed by atoms with van der Waals surface area (Å²) in [5.74, 6) is -0.321. The van der Waals surface area contributed by atoms with Gasteiger partial charge in [-0.15, -0.1) is 10.2 Å². The largest absolute Gasteiger partial charge is 0.479 e. The molecule has 0 aliphatic rings.